The fourth-order valence-corrected chi connectivity index (χ4v) is 5.74. The number of carbonyl (C=O) groups excluding carboxylic acids is 1. The molecule has 9 heteroatoms. The molecule has 186 valence electrons. The Morgan fingerprint density at radius 3 is 2.54 bits per heavy atom. The Kier molecular flexibility index (Phi) is 7.47. The van der Waals surface area contributed by atoms with Gasteiger partial charge in [-0.1, -0.05) is 17.7 Å². The summed E-state index contributed by atoms with van der Waals surface area (Å²) in [6.07, 6.45) is 3.06. The number of sulfonamides is 1. The monoisotopic (exact) mass is 498 g/mol. The van der Waals surface area contributed by atoms with Crippen molar-refractivity contribution in [3.63, 3.8) is 0 Å². The van der Waals surface area contributed by atoms with Crippen molar-refractivity contribution in [1.29, 1.82) is 0 Å². The summed E-state index contributed by atoms with van der Waals surface area (Å²) in [6, 6.07) is 15.3. The van der Waals surface area contributed by atoms with Crippen molar-refractivity contribution in [2.24, 2.45) is 0 Å². The van der Waals surface area contributed by atoms with E-state index in [4.69, 9.17) is 13.9 Å². The van der Waals surface area contributed by atoms with Gasteiger partial charge in [-0.3, -0.25) is 4.79 Å². The molecule has 2 heterocycles. The lowest BCUT2D eigenvalue weighted by Gasteiger charge is -2.29. The molecule has 0 aliphatic carbocycles. The molecule has 1 aliphatic heterocycles. The lowest BCUT2D eigenvalue weighted by Crippen LogP contribution is -2.42. The van der Waals surface area contributed by atoms with Crippen LogP contribution in [0.3, 0.4) is 0 Å². The maximum absolute atomic E-state index is 13.5. The van der Waals surface area contributed by atoms with Crippen LogP contribution in [-0.2, 0) is 21.4 Å². The zero-order valence-electron chi connectivity index (χ0n) is 20.1. The molecule has 1 aliphatic rings. The summed E-state index contributed by atoms with van der Waals surface area (Å²) >= 11 is 0. The molecule has 0 radical (unpaired) electrons. The SMILES string of the molecule is COc1ccc(C2CCCN2C(=O)CN(Cc2ccco2)S(=O)(=O)c2ccc(C)cc2)c(OC)c1. The molecule has 0 bridgehead atoms. The molecular formula is C26H30N2O6S. The lowest BCUT2D eigenvalue weighted by molar-refractivity contribution is -0.132. The minimum atomic E-state index is -3.94. The van der Waals surface area contributed by atoms with E-state index < -0.39 is 10.0 Å². The predicted octanol–water partition coefficient (Wildman–Crippen LogP) is 4.16. The highest BCUT2D eigenvalue weighted by atomic mass is 32.2. The summed E-state index contributed by atoms with van der Waals surface area (Å²) < 4.78 is 44.5. The molecule has 1 fully saturated rings. The number of amides is 1. The van der Waals surface area contributed by atoms with E-state index >= 15 is 0 Å². The quantitative estimate of drug-likeness (QED) is 0.440. The van der Waals surface area contributed by atoms with Gasteiger partial charge >= 0.3 is 0 Å². The molecule has 1 atom stereocenters. The van der Waals surface area contributed by atoms with Gasteiger partial charge in [-0.2, -0.15) is 4.31 Å². The normalized spacial score (nSPS) is 16.0. The van der Waals surface area contributed by atoms with Crippen molar-refractivity contribution in [2.45, 2.75) is 37.2 Å². The number of hydrogen-bond donors (Lipinski definition) is 0. The van der Waals surface area contributed by atoms with Crippen molar-refractivity contribution in [2.75, 3.05) is 27.3 Å². The van der Waals surface area contributed by atoms with Crippen LogP contribution in [0, 0.1) is 6.92 Å². The second-order valence-electron chi connectivity index (χ2n) is 8.52. The lowest BCUT2D eigenvalue weighted by atomic mass is 10.0. The first kappa shape index (κ1) is 24.8. The number of nitrogens with zero attached hydrogens (tertiary/aromatic N) is 2. The second kappa shape index (κ2) is 10.5. The van der Waals surface area contributed by atoms with Crippen molar-refractivity contribution in [1.82, 2.24) is 9.21 Å². The molecule has 0 spiro atoms. The fraction of sp³-hybridized carbons (Fsp3) is 0.346. The number of rotatable bonds is 9. The molecule has 2 aromatic carbocycles. The number of methoxy groups -OCH3 is 2. The topological polar surface area (TPSA) is 89.3 Å². The molecule has 35 heavy (non-hydrogen) atoms. The molecule has 8 nitrogen and oxygen atoms in total. The van der Waals surface area contributed by atoms with Gasteiger partial charge in [-0.25, -0.2) is 8.42 Å². The second-order valence-corrected chi connectivity index (χ2v) is 10.5. The summed E-state index contributed by atoms with van der Waals surface area (Å²) in [5, 5.41) is 0. The Labute approximate surface area is 206 Å². The molecule has 4 rings (SSSR count). The smallest absolute Gasteiger partial charge is 0.243 e. The molecule has 1 saturated heterocycles. The summed E-state index contributed by atoms with van der Waals surface area (Å²) in [5.41, 5.74) is 1.82. The van der Waals surface area contributed by atoms with E-state index in [9.17, 15) is 13.2 Å². The molecule has 0 N–H and O–H groups in total. The van der Waals surface area contributed by atoms with Crippen LogP contribution in [0.2, 0.25) is 0 Å². The van der Waals surface area contributed by atoms with E-state index in [-0.39, 0.29) is 29.9 Å². The van der Waals surface area contributed by atoms with Crippen LogP contribution in [0.5, 0.6) is 11.5 Å². The Bertz CT molecular complexity index is 1260. The van der Waals surface area contributed by atoms with Gasteiger partial charge in [0, 0.05) is 18.2 Å². The van der Waals surface area contributed by atoms with E-state index in [1.54, 1.807) is 61.6 Å². The van der Waals surface area contributed by atoms with Gasteiger partial charge in [0.05, 0.1) is 44.5 Å². The third kappa shape index (κ3) is 5.36. The third-order valence-corrected chi connectivity index (χ3v) is 8.06. The average molecular weight is 499 g/mol. The van der Waals surface area contributed by atoms with Gasteiger partial charge in [0.15, 0.2) is 0 Å². The third-order valence-electron chi connectivity index (χ3n) is 6.26. The summed E-state index contributed by atoms with van der Waals surface area (Å²) in [6.45, 7) is 2.09. The van der Waals surface area contributed by atoms with Gasteiger partial charge < -0.3 is 18.8 Å². The number of carbonyl (C=O) groups is 1. The van der Waals surface area contributed by atoms with E-state index in [0.29, 0.717) is 23.8 Å². The Morgan fingerprint density at radius 2 is 1.89 bits per heavy atom. The number of ether oxygens (including phenoxy) is 2. The molecule has 1 aromatic heterocycles. The number of furan rings is 1. The van der Waals surface area contributed by atoms with Crippen LogP contribution in [0.25, 0.3) is 0 Å². The van der Waals surface area contributed by atoms with E-state index in [0.717, 1.165) is 24.0 Å². The van der Waals surface area contributed by atoms with Crippen molar-refractivity contribution >= 4 is 15.9 Å². The molecule has 1 unspecified atom stereocenters. The van der Waals surface area contributed by atoms with Gasteiger partial charge in [0.1, 0.15) is 17.3 Å². The zero-order chi connectivity index (χ0) is 25.0. The first-order chi connectivity index (χ1) is 16.8. The fourth-order valence-electron chi connectivity index (χ4n) is 4.39. The highest BCUT2D eigenvalue weighted by molar-refractivity contribution is 7.89. The van der Waals surface area contributed by atoms with Crippen LogP contribution < -0.4 is 9.47 Å². The van der Waals surface area contributed by atoms with Gasteiger partial charge in [0.25, 0.3) is 0 Å². The highest BCUT2D eigenvalue weighted by Gasteiger charge is 2.35. The van der Waals surface area contributed by atoms with E-state index in [1.807, 2.05) is 19.1 Å². The van der Waals surface area contributed by atoms with E-state index in [1.165, 1.54) is 10.6 Å². The number of benzene rings is 2. The number of aryl methyl sites for hydroxylation is 1. The first-order valence-corrected chi connectivity index (χ1v) is 12.9. The van der Waals surface area contributed by atoms with Crippen LogP contribution >= 0.6 is 0 Å². The predicted molar refractivity (Wildman–Crippen MR) is 131 cm³/mol. The minimum Gasteiger partial charge on any atom is -0.497 e. The maximum Gasteiger partial charge on any atom is 0.243 e. The van der Waals surface area contributed by atoms with Crippen molar-refractivity contribution in [3.8, 4) is 11.5 Å². The van der Waals surface area contributed by atoms with Crippen LogP contribution in [0.1, 0.15) is 35.8 Å². The molecule has 1 amide bonds. The zero-order valence-corrected chi connectivity index (χ0v) is 21.0. The van der Waals surface area contributed by atoms with E-state index in [2.05, 4.69) is 0 Å². The Hall–Kier alpha value is -3.30. The standard InChI is InChI=1S/C26H30N2O6S/c1-19-8-11-22(12-9-19)35(30,31)27(17-21-6-5-15-34-21)18-26(29)28-14-4-7-24(28)23-13-10-20(32-2)16-25(23)33-3/h5-6,8-13,15-16,24H,4,7,14,17-18H2,1-3H3. The molecule has 0 saturated carbocycles. The highest BCUT2D eigenvalue weighted by Crippen LogP contribution is 2.39. The number of hydrogen-bond acceptors (Lipinski definition) is 6. The Balaban J connectivity index is 1.61. The first-order valence-electron chi connectivity index (χ1n) is 11.4. The molecule has 3 aromatic rings. The Morgan fingerprint density at radius 1 is 1.11 bits per heavy atom. The summed E-state index contributed by atoms with van der Waals surface area (Å²) in [7, 11) is -0.771. The number of likely N-dealkylation sites (tertiary alicyclic amines) is 1. The average Bonchev–Trinajstić information content (AvgIpc) is 3.56. The minimum absolute atomic E-state index is 0.0423. The van der Waals surface area contributed by atoms with Crippen LogP contribution in [-0.4, -0.2) is 50.8 Å². The van der Waals surface area contributed by atoms with Gasteiger partial charge in [-0.15, -0.1) is 0 Å². The van der Waals surface area contributed by atoms with Gasteiger partial charge in [0.2, 0.25) is 15.9 Å². The summed E-state index contributed by atoms with van der Waals surface area (Å²) in [5.74, 6) is 1.49. The maximum atomic E-state index is 13.5. The van der Waals surface area contributed by atoms with Crippen LogP contribution in [0.4, 0.5) is 0 Å². The van der Waals surface area contributed by atoms with Crippen molar-refractivity contribution < 1.29 is 27.1 Å². The van der Waals surface area contributed by atoms with Crippen molar-refractivity contribution in [3.05, 3.63) is 77.7 Å². The molecular weight excluding hydrogens is 468 g/mol. The largest absolute Gasteiger partial charge is 0.497 e. The van der Waals surface area contributed by atoms with Crippen LogP contribution in [0.15, 0.2) is 70.2 Å². The van der Waals surface area contributed by atoms with Gasteiger partial charge in [-0.05, 0) is 56.2 Å². The summed E-state index contributed by atoms with van der Waals surface area (Å²) in [4.78, 5) is 15.4.